The van der Waals surface area contributed by atoms with Gasteiger partial charge in [0.05, 0.1) is 0 Å². The number of hydrogen-bond acceptors (Lipinski definition) is 4. The van der Waals surface area contributed by atoms with Gasteiger partial charge in [-0.05, 0) is 37.5 Å². The maximum absolute atomic E-state index is 12.6. The molecule has 0 bridgehead atoms. The lowest BCUT2D eigenvalue weighted by Gasteiger charge is -2.22. The van der Waals surface area contributed by atoms with Gasteiger partial charge >= 0.3 is 6.03 Å². The number of imide groups is 1. The van der Waals surface area contributed by atoms with Crippen molar-refractivity contribution in [2.24, 2.45) is 17.6 Å². The van der Waals surface area contributed by atoms with E-state index < -0.39 is 11.6 Å². The van der Waals surface area contributed by atoms with Crippen LogP contribution in [0.2, 0.25) is 0 Å². The minimum absolute atomic E-state index is 0. The molecule has 3 atom stereocenters. The first-order valence-electron chi connectivity index (χ1n) is 8.68. The van der Waals surface area contributed by atoms with Gasteiger partial charge in [-0.1, -0.05) is 12.8 Å². The molecule has 2 aliphatic heterocycles. The molecule has 24 heavy (non-hydrogen) atoms. The predicted molar refractivity (Wildman–Crippen MR) is 89.5 cm³/mol. The summed E-state index contributed by atoms with van der Waals surface area (Å²) in [5.41, 5.74) is 5.37. The second kappa shape index (κ2) is 6.19. The number of nitrogens with one attached hydrogen (secondary N) is 1. The lowest BCUT2D eigenvalue weighted by atomic mass is 9.98. The molecule has 2 heterocycles. The molecule has 3 unspecified atom stereocenters. The van der Waals surface area contributed by atoms with E-state index in [1.54, 1.807) is 4.90 Å². The fourth-order valence-electron chi connectivity index (χ4n) is 4.88. The van der Waals surface area contributed by atoms with Crippen LogP contribution in [-0.2, 0) is 9.59 Å². The number of urea groups is 1. The minimum atomic E-state index is -0.735. The van der Waals surface area contributed by atoms with Gasteiger partial charge < -0.3 is 16.0 Å². The number of rotatable bonds is 2. The van der Waals surface area contributed by atoms with Crippen LogP contribution in [0, 0.1) is 11.8 Å². The average Bonchev–Trinajstić information content (AvgIpc) is 3.25. The van der Waals surface area contributed by atoms with Crippen LogP contribution in [0.15, 0.2) is 0 Å². The van der Waals surface area contributed by atoms with Gasteiger partial charge in [0.25, 0.3) is 5.91 Å². The molecule has 2 saturated heterocycles. The van der Waals surface area contributed by atoms with Crippen LogP contribution in [0.3, 0.4) is 0 Å². The molecule has 4 fully saturated rings. The van der Waals surface area contributed by atoms with Gasteiger partial charge in [-0.3, -0.25) is 14.5 Å². The third kappa shape index (κ3) is 2.58. The highest BCUT2D eigenvalue weighted by Crippen LogP contribution is 2.38. The lowest BCUT2D eigenvalue weighted by molar-refractivity contribution is -0.138. The number of nitrogens with two attached hydrogens (primary N) is 1. The van der Waals surface area contributed by atoms with Crippen LogP contribution in [0.4, 0.5) is 4.79 Å². The minimum Gasteiger partial charge on any atom is -0.341 e. The smallest absolute Gasteiger partial charge is 0.325 e. The first-order valence-corrected chi connectivity index (χ1v) is 8.68. The number of nitrogens with zero attached hydrogens (tertiary/aromatic N) is 2. The summed E-state index contributed by atoms with van der Waals surface area (Å²) in [6, 6.07) is -0.238. The zero-order chi connectivity index (χ0) is 16.2. The van der Waals surface area contributed by atoms with Crippen LogP contribution in [0.1, 0.15) is 38.5 Å². The fourth-order valence-corrected chi connectivity index (χ4v) is 4.88. The van der Waals surface area contributed by atoms with E-state index in [9.17, 15) is 14.4 Å². The van der Waals surface area contributed by atoms with Gasteiger partial charge in [-0.2, -0.15) is 0 Å². The topological polar surface area (TPSA) is 95.7 Å². The number of likely N-dealkylation sites (tertiary alicyclic amines) is 1. The number of amides is 4. The highest BCUT2D eigenvalue weighted by atomic mass is 35.5. The van der Waals surface area contributed by atoms with Crippen molar-refractivity contribution in [2.45, 2.75) is 50.1 Å². The van der Waals surface area contributed by atoms with Crippen molar-refractivity contribution < 1.29 is 14.4 Å². The summed E-state index contributed by atoms with van der Waals surface area (Å²) in [5, 5.41) is 2.82. The quantitative estimate of drug-likeness (QED) is 0.703. The molecule has 134 valence electrons. The van der Waals surface area contributed by atoms with Crippen LogP contribution >= 0.6 is 12.4 Å². The van der Waals surface area contributed by atoms with Gasteiger partial charge in [-0.15, -0.1) is 12.4 Å². The molecule has 0 radical (unpaired) electrons. The predicted octanol–water partition coefficient (Wildman–Crippen LogP) is 0.468. The number of carbonyl (C=O) groups is 3. The van der Waals surface area contributed by atoms with Gasteiger partial charge in [-0.25, -0.2) is 4.79 Å². The molecule has 7 nitrogen and oxygen atoms in total. The number of fused-ring (bicyclic) bond motifs is 1. The summed E-state index contributed by atoms with van der Waals surface area (Å²) in [6.07, 6.45) is 5.37. The summed E-state index contributed by atoms with van der Waals surface area (Å²) in [5.74, 6) is 0.510. The molecule has 4 rings (SSSR count). The zero-order valence-electron chi connectivity index (χ0n) is 13.7. The van der Waals surface area contributed by atoms with Gasteiger partial charge in [0.2, 0.25) is 5.91 Å². The number of halogens is 1. The van der Waals surface area contributed by atoms with Gasteiger partial charge in [0.15, 0.2) is 0 Å². The Labute approximate surface area is 147 Å². The Bertz CT molecular complexity index is 564. The van der Waals surface area contributed by atoms with Crippen molar-refractivity contribution in [1.29, 1.82) is 0 Å². The zero-order valence-corrected chi connectivity index (χ0v) is 14.5. The van der Waals surface area contributed by atoms with Crippen LogP contribution in [0.5, 0.6) is 0 Å². The summed E-state index contributed by atoms with van der Waals surface area (Å²) < 4.78 is 0. The first kappa shape index (κ1) is 17.5. The van der Waals surface area contributed by atoms with E-state index >= 15 is 0 Å². The summed E-state index contributed by atoms with van der Waals surface area (Å²) in [4.78, 5) is 40.2. The third-order valence-corrected chi connectivity index (χ3v) is 6.26. The van der Waals surface area contributed by atoms with E-state index in [-0.39, 0.29) is 36.8 Å². The van der Waals surface area contributed by atoms with E-state index in [4.69, 9.17) is 5.73 Å². The van der Waals surface area contributed by atoms with Crippen LogP contribution in [0.25, 0.3) is 0 Å². The van der Waals surface area contributed by atoms with Gasteiger partial charge in [0.1, 0.15) is 12.1 Å². The van der Waals surface area contributed by atoms with E-state index in [1.807, 2.05) is 0 Å². The third-order valence-electron chi connectivity index (χ3n) is 6.26. The highest BCUT2D eigenvalue weighted by Gasteiger charge is 2.53. The number of carbonyl (C=O) groups excluding carboxylic acids is 3. The highest BCUT2D eigenvalue weighted by molar-refractivity contribution is 6.09. The largest absolute Gasteiger partial charge is 0.341 e. The SMILES string of the molecule is Cl.NC1CCC2CN(C(=O)CN3C(=O)NC4(CCCC4)C3=O)CC12. The average molecular weight is 357 g/mol. The molecular formula is C16H25ClN4O3. The van der Waals surface area contributed by atoms with Crippen molar-refractivity contribution in [3.05, 3.63) is 0 Å². The molecule has 2 saturated carbocycles. The molecule has 2 aliphatic carbocycles. The maximum atomic E-state index is 12.6. The Morgan fingerprint density at radius 3 is 2.58 bits per heavy atom. The van der Waals surface area contributed by atoms with Gasteiger partial charge in [0, 0.05) is 19.1 Å². The second-order valence-electron chi connectivity index (χ2n) is 7.57. The van der Waals surface area contributed by atoms with Crippen molar-refractivity contribution in [3.8, 4) is 0 Å². The van der Waals surface area contributed by atoms with Crippen LogP contribution < -0.4 is 11.1 Å². The molecule has 0 aromatic heterocycles. The van der Waals surface area contributed by atoms with Crippen LogP contribution in [-0.4, -0.2) is 58.9 Å². The molecule has 4 amide bonds. The Hall–Kier alpha value is -1.34. The molecule has 0 aromatic rings. The summed E-state index contributed by atoms with van der Waals surface area (Å²) in [6.45, 7) is 1.24. The van der Waals surface area contributed by atoms with E-state index in [1.165, 1.54) is 0 Å². The Morgan fingerprint density at radius 1 is 1.21 bits per heavy atom. The Balaban J connectivity index is 0.00000169. The molecule has 3 N–H and O–H groups in total. The van der Waals surface area contributed by atoms with E-state index in [0.717, 1.165) is 30.6 Å². The molecule has 0 aromatic carbocycles. The lowest BCUT2D eigenvalue weighted by Crippen LogP contribution is -2.46. The Morgan fingerprint density at radius 2 is 1.92 bits per heavy atom. The van der Waals surface area contributed by atoms with E-state index in [2.05, 4.69) is 5.32 Å². The summed E-state index contributed by atoms with van der Waals surface area (Å²) >= 11 is 0. The Kier molecular flexibility index (Phi) is 4.51. The molecule has 1 spiro atoms. The standard InChI is InChI=1S/C16H24N4O3.ClH/c17-12-4-3-10-7-19(8-11(10)12)13(21)9-20-14(22)16(18-15(20)23)5-1-2-6-16;/h10-12H,1-9,17H2,(H,18,23);1H. The van der Waals surface area contributed by atoms with E-state index in [0.29, 0.717) is 37.8 Å². The fraction of sp³-hybridized carbons (Fsp3) is 0.812. The van der Waals surface area contributed by atoms with Crippen molar-refractivity contribution in [2.75, 3.05) is 19.6 Å². The molecule has 8 heteroatoms. The second-order valence-corrected chi connectivity index (χ2v) is 7.57. The molecular weight excluding hydrogens is 332 g/mol. The first-order chi connectivity index (χ1) is 11.0. The van der Waals surface area contributed by atoms with Crippen molar-refractivity contribution >= 4 is 30.3 Å². The number of hydrogen-bond donors (Lipinski definition) is 2. The normalized spacial score (nSPS) is 33.8. The monoisotopic (exact) mass is 356 g/mol. The summed E-state index contributed by atoms with van der Waals surface area (Å²) in [7, 11) is 0. The van der Waals surface area contributed by atoms with Crippen molar-refractivity contribution in [3.63, 3.8) is 0 Å². The van der Waals surface area contributed by atoms with Crippen molar-refractivity contribution in [1.82, 2.24) is 15.1 Å². The molecule has 4 aliphatic rings. The maximum Gasteiger partial charge on any atom is 0.325 e.